The Bertz CT molecular complexity index is 1080. The number of halogens is 1. The zero-order valence-corrected chi connectivity index (χ0v) is 18.2. The first-order valence-electron chi connectivity index (χ1n) is 9.55. The van der Waals surface area contributed by atoms with E-state index in [1.54, 1.807) is 17.0 Å². The van der Waals surface area contributed by atoms with Gasteiger partial charge in [-0.1, -0.05) is 41.6 Å². The normalized spacial score (nSPS) is 10.3. The van der Waals surface area contributed by atoms with E-state index in [1.165, 1.54) is 11.8 Å². The summed E-state index contributed by atoms with van der Waals surface area (Å²) in [5, 5.41) is 27.5. The Kier molecular flexibility index (Phi) is 8.05. The second-order valence-corrected chi connectivity index (χ2v) is 7.85. The number of amides is 1. The zero-order chi connectivity index (χ0) is 22.1. The molecule has 0 aliphatic heterocycles. The van der Waals surface area contributed by atoms with Crippen LogP contribution in [-0.2, 0) is 4.79 Å². The smallest absolute Gasteiger partial charge is 0.233 e. The van der Waals surface area contributed by atoms with E-state index in [9.17, 15) is 4.79 Å². The predicted octanol–water partition coefficient (Wildman–Crippen LogP) is 4.34. The molecule has 31 heavy (non-hydrogen) atoms. The highest BCUT2D eigenvalue weighted by Gasteiger charge is 2.19. The Balaban J connectivity index is 1.86. The van der Waals surface area contributed by atoms with Gasteiger partial charge in [-0.05, 0) is 36.4 Å². The van der Waals surface area contributed by atoms with E-state index in [2.05, 4.69) is 10.2 Å². The molecule has 2 aromatic carbocycles. The van der Waals surface area contributed by atoms with Crippen molar-refractivity contribution in [2.45, 2.75) is 18.0 Å². The number of nitrogens with zero attached hydrogens (tertiary/aromatic N) is 6. The molecule has 0 fully saturated rings. The van der Waals surface area contributed by atoms with Gasteiger partial charge in [-0.3, -0.25) is 9.36 Å². The number of aromatic nitrogens is 3. The van der Waals surface area contributed by atoms with Gasteiger partial charge in [0, 0.05) is 29.4 Å². The highest BCUT2D eigenvalue weighted by atomic mass is 35.5. The molecule has 0 bridgehead atoms. The van der Waals surface area contributed by atoms with Crippen LogP contribution in [0.5, 0.6) is 0 Å². The minimum atomic E-state index is -0.147. The summed E-state index contributed by atoms with van der Waals surface area (Å²) in [6, 6.07) is 21.1. The number of para-hydroxylation sites is 1. The van der Waals surface area contributed by atoms with E-state index in [-0.39, 0.29) is 24.5 Å². The van der Waals surface area contributed by atoms with Gasteiger partial charge in [-0.2, -0.15) is 10.5 Å². The lowest BCUT2D eigenvalue weighted by molar-refractivity contribution is -0.128. The van der Waals surface area contributed by atoms with Crippen molar-refractivity contribution in [2.75, 3.05) is 18.8 Å². The number of carbonyl (C=O) groups excluding carboxylic acids is 1. The van der Waals surface area contributed by atoms with E-state index in [4.69, 9.17) is 22.1 Å². The van der Waals surface area contributed by atoms with E-state index >= 15 is 0 Å². The fourth-order valence-corrected chi connectivity index (χ4v) is 3.89. The maximum Gasteiger partial charge on any atom is 0.233 e. The molecule has 0 saturated carbocycles. The van der Waals surface area contributed by atoms with Gasteiger partial charge in [0.15, 0.2) is 11.0 Å². The summed E-state index contributed by atoms with van der Waals surface area (Å²) in [5.41, 5.74) is 1.72. The third-order valence-electron chi connectivity index (χ3n) is 4.41. The van der Waals surface area contributed by atoms with Crippen LogP contribution in [-0.4, -0.2) is 44.4 Å². The molecule has 0 aliphatic rings. The van der Waals surface area contributed by atoms with E-state index in [1.807, 2.05) is 59.2 Å². The monoisotopic (exact) mass is 450 g/mol. The average molecular weight is 451 g/mol. The Labute approximate surface area is 189 Å². The number of hydrogen-bond acceptors (Lipinski definition) is 6. The topological polar surface area (TPSA) is 98.6 Å². The van der Waals surface area contributed by atoms with Crippen molar-refractivity contribution in [2.24, 2.45) is 0 Å². The van der Waals surface area contributed by atoms with Crippen LogP contribution in [0, 0.1) is 22.7 Å². The standard InChI is InChI=1S/C22H19ClN6OS/c23-18-10-8-17(9-11-18)21-26-27-22(29(21)19-6-2-1-3-7-19)31-16-20(30)28(14-4-12-24)15-5-13-25/h1-3,6-11H,4-5,14-16H2. The number of rotatable bonds is 9. The lowest BCUT2D eigenvalue weighted by Crippen LogP contribution is -2.34. The van der Waals surface area contributed by atoms with Gasteiger partial charge in [0.25, 0.3) is 0 Å². The number of benzene rings is 2. The van der Waals surface area contributed by atoms with Crippen LogP contribution in [0.3, 0.4) is 0 Å². The summed E-state index contributed by atoms with van der Waals surface area (Å²) < 4.78 is 1.90. The number of hydrogen-bond donors (Lipinski definition) is 0. The van der Waals surface area contributed by atoms with Crippen molar-refractivity contribution >= 4 is 29.3 Å². The van der Waals surface area contributed by atoms with Gasteiger partial charge in [0.1, 0.15) is 0 Å². The Morgan fingerprint density at radius 1 is 1.00 bits per heavy atom. The van der Waals surface area contributed by atoms with Crippen LogP contribution in [0.1, 0.15) is 12.8 Å². The molecular weight excluding hydrogens is 432 g/mol. The van der Waals surface area contributed by atoms with Gasteiger partial charge >= 0.3 is 0 Å². The van der Waals surface area contributed by atoms with Gasteiger partial charge in [0.2, 0.25) is 5.91 Å². The molecule has 1 aromatic heterocycles. The molecular formula is C22H19ClN6OS. The molecule has 0 atom stereocenters. The molecule has 9 heteroatoms. The van der Waals surface area contributed by atoms with Crippen LogP contribution in [0.2, 0.25) is 5.02 Å². The maximum atomic E-state index is 12.7. The fraction of sp³-hybridized carbons (Fsp3) is 0.227. The molecule has 1 heterocycles. The van der Waals surface area contributed by atoms with Gasteiger partial charge in [0.05, 0.1) is 30.7 Å². The van der Waals surface area contributed by atoms with E-state index in [0.717, 1.165) is 11.3 Å². The number of thioether (sulfide) groups is 1. The minimum Gasteiger partial charge on any atom is -0.340 e. The van der Waals surface area contributed by atoms with Gasteiger partial charge in [-0.15, -0.1) is 10.2 Å². The molecule has 0 unspecified atom stereocenters. The average Bonchev–Trinajstić information content (AvgIpc) is 3.22. The SMILES string of the molecule is N#CCCN(CCC#N)C(=O)CSc1nnc(-c2ccc(Cl)cc2)n1-c1ccccc1. The second-order valence-electron chi connectivity index (χ2n) is 6.47. The third kappa shape index (κ3) is 5.85. The Morgan fingerprint density at radius 2 is 1.65 bits per heavy atom. The molecule has 3 rings (SSSR count). The van der Waals surface area contributed by atoms with Crippen molar-refractivity contribution in [1.29, 1.82) is 10.5 Å². The second kappa shape index (κ2) is 11.2. The molecule has 0 radical (unpaired) electrons. The summed E-state index contributed by atoms with van der Waals surface area (Å²) in [4.78, 5) is 14.2. The molecule has 3 aromatic rings. The molecule has 156 valence electrons. The van der Waals surface area contributed by atoms with Crippen molar-refractivity contribution in [1.82, 2.24) is 19.7 Å². The largest absolute Gasteiger partial charge is 0.340 e. The maximum absolute atomic E-state index is 12.7. The summed E-state index contributed by atoms with van der Waals surface area (Å²) in [5.74, 6) is 0.623. The first kappa shape index (κ1) is 22.4. The molecule has 7 nitrogen and oxygen atoms in total. The number of nitriles is 2. The minimum absolute atomic E-state index is 0.127. The van der Waals surface area contributed by atoms with E-state index < -0.39 is 0 Å². The van der Waals surface area contributed by atoms with Crippen molar-refractivity contribution in [3.05, 3.63) is 59.6 Å². The van der Waals surface area contributed by atoms with Crippen LogP contribution >= 0.6 is 23.4 Å². The van der Waals surface area contributed by atoms with Crippen LogP contribution < -0.4 is 0 Å². The van der Waals surface area contributed by atoms with Crippen LogP contribution in [0.4, 0.5) is 0 Å². The van der Waals surface area contributed by atoms with Gasteiger partial charge < -0.3 is 4.90 Å². The number of carbonyl (C=O) groups is 1. The van der Waals surface area contributed by atoms with Crippen molar-refractivity contribution < 1.29 is 4.79 Å². The summed E-state index contributed by atoms with van der Waals surface area (Å²) in [6.45, 7) is 0.609. The first-order valence-corrected chi connectivity index (χ1v) is 10.9. The fourth-order valence-electron chi connectivity index (χ4n) is 2.91. The van der Waals surface area contributed by atoms with Crippen LogP contribution in [0.15, 0.2) is 59.8 Å². The third-order valence-corrected chi connectivity index (χ3v) is 5.58. The molecule has 0 N–H and O–H groups in total. The Morgan fingerprint density at radius 3 is 2.26 bits per heavy atom. The predicted molar refractivity (Wildman–Crippen MR) is 120 cm³/mol. The summed E-state index contributed by atoms with van der Waals surface area (Å²) in [6.07, 6.45) is 0.450. The van der Waals surface area contributed by atoms with Crippen LogP contribution in [0.25, 0.3) is 17.1 Å². The summed E-state index contributed by atoms with van der Waals surface area (Å²) >= 11 is 7.29. The zero-order valence-electron chi connectivity index (χ0n) is 16.6. The quantitative estimate of drug-likeness (QED) is 0.450. The molecule has 0 saturated heterocycles. The summed E-state index contributed by atoms with van der Waals surface area (Å²) in [7, 11) is 0. The molecule has 0 aliphatic carbocycles. The van der Waals surface area contributed by atoms with Crippen molar-refractivity contribution in [3.8, 4) is 29.2 Å². The highest BCUT2D eigenvalue weighted by Crippen LogP contribution is 2.28. The lowest BCUT2D eigenvalue weighted by atomic mass is 10.2. The molecule has 1 amide bonds. The first-order chi connectivity index (χ1) is 15.1. The molecule has 0 spiro atoms. The lowest BCUT2D eigenvalue weighted by Gasteiger charge is -2.20. The Hall–Kier alpha value is -3.33. The highest BCUT2D eigenvalue weighted by molar-refractivity contribution is 7.99. The van der Waals surface area contributed by atoms with Crippen molar-refractivity contribution in [3.63, 3.8) is 0 Å². The van der Waals surface area contributed by atoms with Gasteiger partial charge in [-0.25, -0.2) is 0 Å². The van der Waals surface area contributed by atoms with E-state index in [0.29, 0.717) is 29.1 Å².